The molecule has 0 aliphatic heterocycles. The normalized spacial score (nSPS) is 11.8. The quantitative estimate of drug-likeness (QED) is 0.776. The van der Waals surface area contributed by atoms with E-state index in [1.807, 2.05) is 20.8 Å². The molecule has 1 aromatic rings. The first-order chi connectivity index (χ1) is 9.59. The minimum atomic E-state index is -3.87. The van der Waals surface area contributed by atoms with Crippen LogP contribution >= 0.6 is 10.7 Å². The molecule has 1 aromatic carbocycles. The van der Waals surface area contributed by atoms with Crippen LogP contribution in [-0.4, -0.2) is 31.8 Å². The van der Waals surface area contributed by atoms with Crippen LogP contribution in [-0.2, 0) is 9.05 Å². The second-order valence-corrected chi connectivity index (χ2v) is 7.98. The van der Waals surface area contributed by atoms with Crippen molar-refractivity contribution in [3.63, 3.8) is 0 Å². The van der Waals surface area contributed by atoms with E-state index in [1.165, 1.54) is 6.07 Å². The lowest BCUT2D eigenvalue weighted by Crippen LogP contribution is -2.37. The van der Waals surface area contributed by atoms with Gasteiger partial charge in [0, 0.05) is 28.8 Å². The van der Waals surface area contributed by atoms with Gasteiger partial charge in [-0.1, -0.05) is 6.92 Å². The van der Waals surface area contributed by atoms with Crippen LogP contribution in [0.15, 0.2) is 17.0 Å². The number of nitrogens with zero attached hydrogens (tertiary/aromatic N) is 1. The molecule has 118 valence electrons. The lowest BCUT2D eigenvalue weighted by Gasteiger charge is -2.27. The summed E-state index contributed by atoms with van der Waals surface area (Å²) in [7, 11) is 1.59. The largest absolute Gasteiger partial charge is 0.336 e. The van der Waals surface area contributed by atoms with Gasteiger partial charge in [-0.2, -0.15) is 0 Å². The highest BCUT2D eigenvalue weighted by Gasteiger charge is 2.22. The first kappa shape index (κ1) is 18.0. The Bertz CT molecular complexity index is 639. The Morgan fingerprint density at radius 3 is 2.29 bits per heavy atom. The van der Waals surface area contributed by atoms with Gasteiger partial charge in [-0.15, -0.1) is 0 Å². The summed E-state index contributed by atoms with van der Waals surface area (Å²) >= 11 is 0. The zero-order valence-corrected chi connectivity index (χ0v) is 14.7. The third kappa shape index (κ3) is 4.20. The number of rotatable bonds is 5. The van der Waals surface area contributed by atoms with Crippen LogP contribution in [0.3, 0.4) is 0 Å². The standard InChI is InChI=1S/C15H22ClNO3S/c1-6-7-17(10(2)3)15(18)13-8-11(4)12(5)14(9-13)21(16,19)20/h8-10H,6-7H2,1-5H3. The zero-order valence-electron chi connectivity index (χ0n) is 13.1. The van der Waals surface area contributed by atoms with Crippen molar-refractivity contribution in [2.75, 3.05) is 6.54 Å². The van der Waals surface area contributed by atoms with Gasteiger partial charge in [0.25, 0.3) is 15.0 Å². The fourth-order valence-electron chi connectivity index (χ4n) is 2.20. The summed E-state index contributed by atoms with van der Waals surface area (Å²) in [6.07, 6.45) is 0.843. The number of aryl methyl sites for hydroxylation is 1. The number of hydrogen-bond acceptors (Lipinski definition) is 3. The number of halogens is 1. The molecule has 1 rings (SSSR count). The van der Waals surface area contributed by atoms with E-state index in [2.05, 4.69) is 0 Å². The van der Waals surface area contributed by atoms with Gasteiger partial charge < -0.3 is 4.90 Å². The van der Waals surface area contributed by atoms with Gasteiger partial charge in [-0.3, -0.25) is 4.79 Å². The summed E-state index contributed by atoms with van der Waals surface area (Å²) in [5, 5.41) is 0. The Balaban J connectivity index is 3.38. The average Bonchev–Trinajstić information content (AvgIpc) is 2.36. The number of carbonyl (C=O) groups excluding carboxylic acids is 1. The van der Waals surface area contributed by atoms with Crippen LogP contribution in [0.4, 0.5) is 0 Å². The number of benzene rings is 1. The highest BCUT2D eigenvalue weighted by atomic mass is 35.7. The van der Waals surface area contributed by atoms with Crippen molar-refractivity contribution in [3.05, 3.63) is 28.8 Å². The molecule has 6 heteroatoms. The molecule has 0 radical (unpaired) electrons. The molecule has 0 aliphatic carbocycles. The van der Waals surface area contributed by atoms with Gasteiger partial charge in [0.15, 0.2) is 0 Å². The second kappa shape index (κ2) is 6.79. The van der Waals surface area contributed by atoms with Gasteiger partial charge in [0.1, 0.15) is 0 Å². The number of carbonyl (C=O) groups is 1. The van der Waals surface area contributed by atoms with E-state index in [0.717, 1.165) is 12.0 Å². The molecule has 0 bridgehead atoms. The van der Waals surface area contributed by atoms with E-state index in [9.17, 15) is 13.2 Å². The Morgan fingerprint density at radius 2 is 1.86 bits per heavy atom. The maximum absolute atomic E-state index is 12.6. The summed E-state index contributed by atoms with van der Waals surface area (Å²) < 4.78 is 23.3. The first-order valence-electron chi connectivity index (χ1n) is 6.96. The highest BCUT2D eigenvalue weighted by molar-refractivity contribution is 8.13. The van der Waals surface area contributed by atoms with Gasteiger partial charge in [-0.25, -0.2) is 8.42 Å². The fraction of sp³-hybridized carbons (Fsp3) is 0.533. The van der Waals surface area contributed by atoms with Crippen molar-refractivity contribution >= 4 is 25.6 Å². The lowest BCUT2D eigenvalue weighted by atomic mass is 10.0. The van der Waals surface area contributed by atoms with E-state index in [0.29, 0.717) is 17.7 Å². The van der Waals surface area contributed by atoms with Gasteiger partial charge in [-0.05, 0) is 57.4 Å². The van der Waals surface area contributed by atoms with Crippen molar-refractivity contribution in [1.82, 2.24) is 4.90 Å². The van der Waals surface area contributed by atoms with Crippen LogP contribution in [0.5, 0.6) is 0 Å². The number of amides is 1. The first-order valence-corrected chi connectivity index (χ1v) is 9.27. The molecule has 0 fully saturated rings. The number of hydrogen-bond donors (Lipinski definition) is 0. The average molecular weight is 332 g/mol. The topological polar surface area (TPSA) is 54.5 Å². The predicted molar refractivity (Wildman–Crippen MR) is 85.4 cm³/mol. The van der Waals surface area contributed by atoms with E-state index in [4.69, 9.17) is 10.7 Å². The van der Waals surface area contributed by atoms with Crippen LogP contribution < -0.4 is 0 Å². The Hall–Kier alpha value is -1.07. The van der Waals surface area contributed by atoms with Gasteiger partial charge in [0.05, 0.1) is 4.90 Å². The highest BCUT2D eigenvalue weighted by Crippen LogP contribution is 2.25. The molecule has 0 aromatic heterocycles. The maximum Gasteiger partial charge on any atom is 0.261 e. The molecular formula is C15H22ClNO3S. The van der Waals surface area contributed by atoms with Crippen molar-refractivity contribution in [3.8, 4) is 0 Å². The second-order valence-electron chi connectivity index (χ2n) is 5.45. The molecule has 0 aliphatic rings. The van der Waals surface area contributed by atoms with Crippen LogP contribution in [0.2, 0.25) is 0 Å². The van der Waals surface area contributed by atoms with Crippen LogP contribution in [0.25, 0.3) is 0 Å². The van der Waals surface area contributed by atoms with Crippen molar-refractivity contribution in [2.45, 2.75) is 52.0 Å². The summed E-state index contributed by atoms with van der Waals surface area (Å²) in [4.78, 5) is 14.3. The van der Waals surface area contributed by atoms with Crippen LogP contribution in [0, 0.1) is 13.8 Å². The minimum absolute atomic E-state index is 0.00715. The molecule has 1 amide bonds. The predicted octanol–water partition coefficient (Wildman–Crippen LogP) is 3.49. The fourth-order valence-corrected chi connectivity index (χ4v) is 3.48. The molecule has 0 atom stereocenters. The van der Waals surface area contributed by atoms with E-state index >= 15 is 0 Å². The molecule has 0 spiro atoms. The molecule has 0 saturated heterocycles. The summed E-state index contributed by atoms with van der Waals surface area (Å²) in [6, 6.07) is 3.14. The van der Waals surface area contributed by atoms with Crippen molar-refractivity contribution in [2.24, 2.45) is 0 Å². The van der Waals surface area contributed by atoms with E-state index in [1.54, 1.807) is 24.8 Å². The molecule has 4 nitrogen and oxygen atoms in total. The zero-order chi connectivity index (χ0) is 16.4. The molecule has 0 N–H and O–H groups in total. The monoisotopic (exact) mass is 331 g/mol. The molecular weight excluding hydrogens is 310 g/mol. The van der Waals surface area contributed by atoms with Crippen molar-refractivity contribution < 1.29 is 13.2 Å². The minimum Gasteiger partial charge on any atom is -0.336 e. The van der Waals surface area contributed by atoms with Crippen molar-refractivity contribution in [1.29, 1.82) is 0 Å². The molecule has 0 unspecified atom stereocenters. The Morgan fingerprint density at radius 1 is 1.29 bits per heavy atom. The van der Waals surface area contributed by atoms with Gasteiger partial charge >= 0.3 is 0 Å². The Labute approximate surface area is 131 Å². The maximum atomic E-state index is 12.6. The Kier molecular flexibility index (Phi) is 5.82. The molecule has 0 heterocycles. The SMILES string of the molecule is CCCN(C(=O)c1cc(C)c(C)c(S(=O)(=O)Cl)c1)C(C)C. The summed E-state index contributed by atoms with van der Waals surface area (Å²) in [5.41, 5.74) is 1.67. The third-order valence-corrected chi connectivity index (χ3v) is 4.93. The summed E-state index contributed by atoms with van der Waals surface area (Å²) in [6.45, 7) is 9.97. The molecule has 21 heavy (non-hydrogen) atoms. The lowest BCUT2D eigenvalue weighted by molar-refractivity contribution is 0.0705. The van der Waals surface area contributed by atoms with Gasteiger partial charge in [0.2, 0.25) is 0 Å². The summed E-state index contributed by atoms with van der Waals surface area (Å²) in [5.74, 6) is -0.170. The third-order valence-electron chi connectivity index (χ3n) is 3.48. The molecule has 0 saturated carbocycles. The van der Waals surface area contributed by atoms with Crippen LogP contribution in [0.1, 0.15) is 48.7 Å². The van der Waals surface area contributed by atoms with E-state index < -0.39 is 9.05 Å². The van der Waals surface area contributed by atoms with E-state index in [-0.39, 0.29) is 16.8 Å². The smallest absolute Gasteiger partial charge is 0.261 e.